The van der Waals surface area contributed by atoms with Crippen LogP contribution in [0.25, 0.3) is 10.8 Å². The molecule has 1 saturated heterocycles. The Balaban J connectivity index is 1.73. The first-order chi connectivity index (χ1) is 11.7. The van der Waals surface area contributed by atoms with Crippen molar-refractivity contribution in [3.8, 4) is 0 Å². The average Bonchev–Trinajstić information content (AvgIpc) is 2.86. The molecule has 4 nitrogen and oxygen atoms in total. The van der Waals surface area contributed by atoms with Gasteiger partial charge >= 0.3 is 0 Å². The molecule has 128 valence electrons. The van der Waals surface area contributed by atoms with Crippen molar-refractivity contribution < 1.29 is 4.79 Å². The maximum atomic E-state index is 13.0. The molecule has 2 N–H and O–H groups in total. The second-order valence-electron chi connectivity index (χ2n) is 6.42. The maximum absolute atomic E-state index is 13.0. The quantitative estimate of drug-likeness (QED) is 0.837. The Morgan fingerprint density at radius 3 is 2.71 bits per heavy atom. The normalized spacial score (nSPS) is 17.7. The summed E-state index contributed by atoms with van der Waals surface area (Å²) < 4.78 is 0. The van der Waals surface area contributed by atoms with E-state index >= 15 is 0 Å². The minimum absolute atomic E-state index is 0.0913. The summed E-state index contributed by atoms with van der Waals surface area (Å²) in [4.78, 5) is 17.3. The number of nitrogens with zero attached hydrogens (tertiary/aromatic N) is 2. The summed E-state index contributed by atoms with van der Waals surface area (Å²) in [5.74, 6) is 0.821. The Morgan fingerprint density at radius 2 is 1.88 bits per heavy atom. The molecule has 1 amide bonds. The molecule has 1 aliphatic rings. The number of carbonyl (C=O) groups excluding carboxylic acids is 1. The number of rotatable bonds is 4. The first-order valence-corrected chi connectivity index (χ1v) is 9.18. The number of nitrogens with two attached hydrogens (primary N) is 1. The molecule has 24 heavy (non-hydrogen) atoms. The predicted molar refractivity (Wildman–Crippen MR) is 103 cm³/mol. The van der Waals surface area contributed by atoms with E-state index in [2.05, 4.69) is 29.7 Å². The zero-order valence-electron chi connectivity index (χ0n) is 13.9. The van der Waals surface area contributed by atoms with Crippen LogP contribution in [0.2, 0.25) is 0 Å². The van der Waals surface area contributed by atoms with E-state index in [4.69, 9.17) is 5.73 Å². The fraction of sp³-hybridized carbons (Fsp3) is 0.421. The summed E-state index contributed by atoms with van der Waals surface area (Å²) in [6, 6.07) is 14.1. The van der Waals surface area contributed by atoms with Gasteiger partial charge in [-0.25, -0.2) is 0 Å². The van der Waals surface area contributed by atoms with Gasteiger partial charge in [-0.15, -0.1) is 0 Å². The Labute approximate surface area is 149 Å². The van der Waals surface area contributed by atoms with Crippen LogP contribution < -0.4 is 5.73 Å². The molecule has 0 spiro atoms. The van der Waals surface area contributed by atoms with Gasteiger partial charge in [0.05, 0.1) is 0 Å². The summed E-state index contributed by atoms with van der Waals surface area (Å²) in [6.45, 7) is 4.26. The van der Waals surface area contributed by atoms with Crippen molar-refractivity contribution in [1.29, 1.82) is 0 Å². The van der Waals surface area contributed by atoms with Gasteiger partial charge in [0.1, 0.15) is 0 Å². The molecule has 1 heterocycles. The van der Waals surface area contributed by atoms with E-state index < -0.39 is 0 Å². The fourth-order valence-corrected chi connectivity index (χ4v) is 3.44. The summed E-state index contributed by atoms with van der Waals surface area (Å²) >= 11 is 4.26. The first kappa shape index (κ1) is 17.3. The van der Waals surface area contributed by atoms with Gasteiger partial charge in [-0.1, -0.05) is 36.4 Å². The van der Waals surface area contributed by atoms with Crippen LogP contribution in [0.5, 0.6) is 0 Å². The van der Waals surface area contributed by atoms with Crippen LogP contribution in [0.4, 0.5) is 0 Å². The summed E-state index contributed by atoms with van der Waals surface area (Å²) in [5, 5.41) is 2.14. The molecule has 0 aliphatic carbocycles. The van der Waals surface area contributed by atoms with Crippen molar-refractivity contribution in [3.63, 3.8) is 0 Å². The highest BCUT2D eigenvalue weighted by molar-refractivity contribution is 7.80. The molecule has 5 heteroatoms. The van der Waals surface area contributed by atoms with Crippen LogP contribution in [-0.2, 0) is 0 Å². The zero-order chi connectivity index (χ0) is 16.9. The minimum Gasteiger partial charge on any atom is -0.337 e. The lowest BCUT2D eigenvalue weighted by atomic mass is 10.0. The summed E-state index contributed by atoms with van der Waals surface area (Å²) in [5.41, 5.74) is 6.80. The van der Waals surface area contributed by atoms with Crippen LogP contribution in [0, 0.1) is 0 Å². The van der Waals surface area contributed by atoms with E-state index in [0.717, 1.165) is 55.5 Å². The van der Waals surface area contributed by atoms with Crippen LogP contribution >= 0.6 is 12.6 Å². The number of amides is 1. The number of hydrogen-bond acceptors (Lipinski definition) is 4. The van der Waals surface area contributed by atoms with Crippen molar-refractivity contribution in [2.45, 2.75) is 12.5 Å². The molecule has 0 radical (unpaired) electrons. The number of fused-ring (bicyclic) bond motifs is 1. The van der Waals surface area contributed by atoms with E-state index in [9.17, 15) is 4.79 Å². The molecule has 1 aliphatic heterocycles. The lowest BCUT2D eigenvalue weighted by molar-refractivity contribution is 0.0763. The molecule has 0 saturated carbocycles. The van der Waals surface area contributed by atoms with Crippen LogP contribution in [0.3, 0.4) is 0 Å². The van der Waals surface area contributed by atoms with Crippen molar-refractivity contribution >= 4 is 29.3 Å². The smallest absolute Gasteiger partial charge is 0.254 e. The Kier molecular flexibility index (Phi) is 5.76. The van der Waals surface area contributed by atoms with E-state index in [1.807, 2.05) is 35.2 Å². The molecule has 0 bridgehead atoms. The second-order valence-corrected chi connectivity index (χ2v) is 6.78. The monoisotopic (exact) mass is 343 g/mol. The van der Waals surface area contributed by atoms with Crippen molar-refractivity contribution in [2.24, 2.45) is 5.73 Å². The van der Waals surface area contributed by atoms with E-state index in [1.54, 1.807) is 0 Å². The molecular weight excluding hydrogens is 318 g/mol. The van der Waals surface area contributed by atoms with E-state index in [0.29, 0.717) is 5.75 Å². The largest absolute Gasteiger partial charge is 0.337 e. The van der Waals surface area contributed by atoms with Crippen molar-refractivity contribution in [1.82, 2.24) is 9.80 Å². The molecule has 0 aromatic heterocycles. The van der Waals surface area contributed by atoms with E-state index in [-0.39, 0.29) is 11.9 Å². The van der Waals surface area contributed by atoms with Gasteiger partial charge < -0.3 is 10.6 Å². The van der Waals surface area contributed by atoms with Gasteiger partial charge in [0.15, 0.2) is 0 Å². The van der Waals surface area contributed by atoms with Gasteiger partial charge in [0.25, 0.3) is 5.91 Å². The van der Waals surface area contributed by atoms with Crippen LogP contribution in [0.15, 0.2) is 42.5 Å². The molecule has 2 aromatic rings. The zero-order valence-corrected chi connectivity index (χ0v) is 14.8. The van der Waals surface area contributed by atoms with E-state index in [1.165, 1.54) is 0 Å². The van der Waals surface area contributed by atoms with Gasteiger partial charge in [0, 0.05) is 43.5 Å². The molecular formula is C19H25N3OS. The highest BCUT2D eigenvalue weighted by Crippen LogP contribution is 2.20. The molecule has 1 atom stereocenters. The number of thiol groups is 1. The first-order valence-electron chi connectivity index (χ1n) is 8.55. The van der Waals surface area contributed by atoms with Gasteiger partial charge in [0.2, 0.25) is 0 Å². The molecule has 3 rings (SSSR count). The van der Waals surface area contributed by atoms with Crippen LogP contribution in [-0.4, -0.2) is 60.2 Å². The second kappa shape index (κ2) is 8.01. The third-order valence-electron chi connectivity index (χ3n) is 4.62. The highest BCUT2D eigenvalue weighted by Gasteiger charge is 2.22. The molecule has 2 aromatic carbocycles. The SMILES string of the molecule is N[C@@H](CS)CN1CCCN(C(=O)c2cccc3ccccc23)CC1. The van der Waals surface area contributed by atoms with Gasteiger partial charge in [-0.05, 0) is 29.8 Å². The Morgan fingerprint density at radius 1 is 1.08 bits per heavy atom. The predicted octanol–water partition coefficient (Wildman–Crippen LogP) is 2.24. The van der Waals surface area contributed by atoms with Gasteiger partial charge in [-0.2, -0.15) is 12.6 Å². The summed E-state index contributed by atoms with van der Waals surface area (Å²) in [7, 11) is 0. The molecule has 1 fully saturated rings. The summed E-state index contributed by atoms with van der Waals surface area (Å²) in [6.07, 6.45) is 0.982. The number of benzene rings is 2. The highest BCUT2D eigenvalue weighted by atomic mass is 32.1. The minimum atomic E-state index is 0.0913. The third kappa shape index (κ3) is 3.91. The molecule has 0 unspecified atom stereocenters. The number of hydrogen-bond donors (Lipinski definition) is 2. The van der Waals surface area contributed by atoms with Crippen LogP contribution in [0.1, 0.15) is 16.8 Å². The fourth-order valence-electron chi connectivity index (χ4n) is 3.33. The Hall–Kier alpha value is -1.56. The maximum Gasteiger partial charge on any atom is 0.254 e. The number of carbonyl (C=O) groups is 1. The van der Waals surface area contributed by atoms with Crippen molar-refractivity contribution in [2.75, 3.05) is 38.5 Å². The third-order valence-corrected chi connectivity index (χ3v) is 5.09. The topological polar surface area (TPSA) is 49.6 Å². The average molecular weight is 343 g/mol. The van der Waals surface area contributed by atoms with Gasteiger partial charge in [-0.3, -0.25) is 9.69 Å². The van der Waals surface area contributed by atoms with Crippen molar-refractivity contribution in [3.05, 3.63) is 48.0 Å². The lowest BCUT2D eigenvalue weighted by Crippen LogP contribution is -2.41. The Bertz CT molecular complexity index is 701. The standard InChI is InChI=1S/C19H25N3OS/c20-16(14-24)13-21-9-4-10-22(12-11-21)19(23)18-8-3-6-15-5-1-2-7-17(15)18/h1-3,5-8,16,24H,4,9-14,20H2/t16-/m1/s1. The lowest BCUT2D eigenvalue weighted by Gasteiger charge is -2.24.